The van der Waals surface area contributed by atoms with E-state index in [4.69, 9.17) is 4.74 Å². The summed E-state index contributed by atoms with van der Waals surface area (Å²) in [4.78, 5) is 11.9. The topological polar surface area (TPSA) is 26.3 Å². The molecule has 1 aliphatic heterocycles. The number of benzene rings is 1. The molecule has 2 rings (SSSR count). The number of carbonyl (C=O) groups excluding carboxylic acids is 1. The van der Waals surface area contributed by atoms with Gasteiger partial charge in [0, 0.05) is 18.1 Å². The molecular formula is C12H13FO2. The van der Waals surface area contributed by atoms with Crippen LogP contribution in [0.15, 0.2) is 24.3 Å². The summed E-state index contributed by atoms with van der Waals surface area (Å²) >= 11 is 0. The minimum Gasteiger partial charge on any atom is -0.381 e. The standard InChI is InChI=1S/C12H13FO2/c13-11-5-3-9(4-6-11)12(14)10-2-1-7-15-8-10/h3-6,10H,1-2,7-8H2. The van der Waals surface area contributed by atoms with Crippen LogP contribution in [0.5, 0.6) is 0 Å². The molecule has 1 aliphatic rings. The lowest BCUT2D eigenvalue weighted by Gasteiger charge is -2.20. The quantitative estimate of drug-likeness (QED) is 0.698. The minimum atomic E-state index is -0.313. The van der Waals surface area contributed by atoms with E-state index in [0.29, 0.717) is 12.2 Å². The van der Waals surface area contributed by atoms with E-state index in [1.165, 1.54) is 24.3 Å². The maximum Gasteiger partial charge on any atom is 0.168 e. The highest BCUT2D eigenvalue weighted by atomic mass is 19.1. The third-order valence-electron chi connectivity index (χ3n) is 2.66. The van der Waals surface area contributed by atoms with E-state index in [1.54, 1.807) is 0 Å². The summed E-state index contributed by atoms with van der Waals surface area (Å²) in [5.74, 6) is -0.301. The van der Waals surface area contributed by atoms with Gasteiger partial charge in [0.25, 0.3) is 0 Å². The van der Waals surface area contributed by atoms with Crippen molar-refractivity contribution in [2.24, 2.45) is 5.92 Å². The van der Waals surface area contributed by atoms with Crippen molar-refractivity contribution >= 4 is 5.78 Å². The molecule has 80 valence electrons. The Morgan fingerprint density at radius 2 is 2.07 bits per heavy atom. The van der Waals surface area contributed by atoms with Crippen LogP contribution in [-0.4, -0.2) is 19.0 Å². The average Bonchev–Trinajstić information content (AvgIpc) is 2.30. The lowest BCUT2D eigenvalue weighted by Crippen LogP contribution is -2.25. The molecule has 0 radical (unpaired) electrons. The van der Waals surface area contributed by atoms with Gasteiger partial charge in [-0.3, -0.25) is 4.79 Å². The summed E-state index contributed by atoms with van der Waals surface area (Å²) in [7, 11) is 0. The Kier molecular flexibility index (Phi) is 3.11. The number of halogens is 1. The Balaban J connectivity index is 2.09. The van der Waals surface area contributed by atoms with E-state index in [1.807, 2.05) is 0 Å². The molecule has 0 N–H and O–H groups in total. The molecule has 0 spiro atoms. The molecule has 1 fully saturated rings. The van der Waals surface area contributed by atoms with Gasteiger partial charge in [0.1, 0.15) is 5.82 Å². The molecule has 1 atom stereocenters. The van der Waals surface area contributed by atoms with Crippen LogP contribution >= 0.6 is 0 Å². The zero-order valence-electron chi connectivity index (χ0n) is 8.41. The summed E-state index contributed by atoms with van der Waals surface area (Å²) in [6, 6.07) is 5.70. The van der Waals surface area contributed by atoms with Crippen LogP contribution in [0.4, 0.5) is 4.39 Å². The zero-order valence-corrected chi connectivity index (χ0v) is 8.41. The number of hydrogen-bond acceptors (Lipinski definition) is 2. The molecule has 0 bridgehead atoms. The second kappa shape index (κ2) is 4.53. The summed E-state index contributed by atoms with van der Waals surface area (Å²) < 4.78 is 17.9. The van der Waals surface area contributed by atoms with Crippen LogP contribution in [0.2, 0.25) is 0 Å². The first kappa shape index (κ1) is 10.3. The molecule has 1 aromatic carbocycles. The van der Waals surface area contributed by atoms with Gasteiger partial charge < -0.3 is 4.74 Å². The molecule has 15 heavy (non-hydrogen) atoms. The molecule has 1 unspecified atom stereocenters. The van der Waals surface area contributed by atoms with E-state index in [2.05, 4.69) is 0 Å². The van der Waals surface area contributed by atoms with Crippen molar-refractivity contribution in [1.82, 2.24) is 0 Å². The van der Waals surface area contributed by atoms with Crippen molar-refractivity contribution in [2.75, 3.05) is 13.2 Å². The molecule has 0 aliphatic carbocycles. The van der Waals surface area contributed by atoms with Crippen molar-refractivity contribution in [3.8, 4) is 0 Å². The molecular weight excluding hydrogens is 195 g/mol. The van der Waals surface area contributed by atoms with Gasteiger partial charge in [-0.05, 0) is 37.1 Å². The van der Waals surface area contributed by atoms with Gasteiger partial charge in [-0.25, -0.2) is 4.39 Å². The Labute approximate surface area is 88.1 Å². The number of hydrogen-bond donors (Lipinski definition) is 0. The third-order valence-corrected chi connectivity index (χ3v) is 2.66. The first-order chi connectivity index (χ1) is 7.27. The van der Waals surface area contributed by atoms with Gasteiger partial charge in [0.2, 0.25) is 0 Å². The highest BCUT2D eigenvalue weighted by Gasteiger charge is 2.22. The molecule has 0 amide bonds. The number of ether oxygens (including phenoxy) is 1. The predicted molar refractivity (Wildman–Crippen MR) is 54.3 cm³/mol. The summed E-state index contributed by atoms with van der Waals surface area (Å²) in [6.45, 7) is 1.24. The van der Waals surface area contributed by atoms with Gasteiger partial charge in [0.05, 0.1) is 6.61 Å². The first-order valence-corrected chi connectivity index (χ1v) is 5.15. The van der Waals surface area contributed by atoms with E-state index in [0.717, 1.165) is 19.4 Å². The van der Waals surface area contributed by atoms with Crippen molar-refractivity contribution in [1.29, 1.82) is 0 Å². The fourth-order valence-corrected chi connectivity index (χ4v) is 1.80. The summed E-state index contributed by atoms with van der Waals surface area (Å²) in [5, 5.41) is 0. The first-order valence-electron chi connectivity index (χ1n) is 5.15. The summed E-state index contributed by atoms with van der Waals surface area (Å²) in [6.07, 6.45) is 1.80. The number of rotatable bonds is 2. The van der Waals surface area contributed by atoms with Gasteiger partial charge in [-0.1, -0.05) is 0 Å². The van der Waals surface area contributed by atoms with Crippen LogP contribution in [0.1, 0.15) is 23.2 Å². The molecule has 0 aromatic heterocycles. The monoisotopic (exact) mass is 208 g/mol. The average molecular weight is 208 g/mol. The second-order valence-electron chi connectivity index (χ2n) is 3.79. The molecule has 1 heterocycles. The number of carbonyl (C=O) groups is 1. The Morgan fingerprint density at radius 1 is 1.33 bits per heavy atom. The fraction of sp³-hybridized carbons (Fsp3) is 0.417. The van der Waals surface area contributed by atoms with Crippen LogP contribution in [0, 0.1) is 11.7 Å². The van der Waals surface area contributed by atoms with Gasteiger partial charge in [0.15, 0.2) is 5.78 Å². The predicted octanol–water partition coefficient (Wildman–Crippen LogP) is 2.44. The van der Waals surface area contributed by atoms with Crippen LogP contribution in [-0.2, 0) is 4.74 Å². The van der Waals surface area contributed by atoms with E-state index < -0.39 is 0 Å². The van der Waals surface area contributed by atoms with Crippen molar-refractivity contribution in [2.45, 2.75) is 12.8 Å². The Morgan fingerprint density at radius 3 is 2.67 bits per heavy atom. The molecule has 1 aromatic rings. The van der Waals surface area contributed by atoms with E-state index in [9.17, 15) is 9.18 Å². The molecule has 2 nitrogen and oxygen atoms in total. The van der Waals surface area contributed by atoms with Gasteiger partial charge >= 0.3 is 0 Å². The van der Waals surface area contributed by atoms with Crippen LogP contribution < -0.4 is 0 Å². The maximum atomic E-state index is 12.7. The van der Waals surface area contributed by atoms with E-state index >= 15 is 0 Å². The Hall–Kier alpha value is -1.22. The normalized spacial score (nSPS) is 21.3. The molecule has 0 saturated carbocycles. The zero-order chi connectivity index (χ0) is 10.7. The second-order valence-corrected chi connectivity index (χ2v) is 3.79. The van der Waals surface area contributed by atoms with Crippen molar-refractivity contribution in [3.63, 3.8) is 0 Å². The number of Topliss-reactive ketones (excluding diaryl/α,β-unsaturated/α-hetero) is 1. The lowest BCUT2D eigenvalue weighted by molar-refractivity contribution is 0.0461. The minimum absolute atomic E-state index is 0.0517. The smallest absolute Gasteiger partial charge is 0.168 e. The maximum absolute atomic E-state index is 12.7. The fourth-order valence-electron chi connectivity index (χ4n) is 1.80. The Bertz CT molecular complexity index is 339. The molecule has 3 heteroatoms. The largest absolute Gasteiger partial charge is 0.381 e. The lowest BCUT2D eigenvalue weighted by atomic mass is 9.93. The van der Waals surface area contributed by atoms with E-state index in [-0.39, 0.29) is 17.5 Å². The third kappa shape index (κ3) is 2.42. The molecule has 1 saturated heterocycles. The van der Waals surface area contributed by atoms with Crippen molar-refractivity contribution < 1.29 is 13.9 Å². The SMILES string of the molecule is O=C(c1ccc(F)cc1)C1CCCOC1. The van der Waals surface area contributed by atoms with Gasteiger partial charge in [-0.2, -0.15) is 0 Å². The highest BCUT2D eigenvalue weighted by Crippen LogP contribution is 2.19. The van der Waals surface area contributed by atoms with Gasteiger partial charge in [-0.15, -0.1) is 0 Å². The highest BCUT2D eigenvalue weighted by molar-refractivity contribution is 5.97. The summed E-state index contributed by atoms with van der Waals surface area (Å²) in [5.41, 5.74) is 0.576. The van der Waals surface area contributed by atoms with Crippen LogP contribution in [0.25, 0.3) is 0 Å². The van der Waals surface area contributed by atoms with Crippen molar-refractivity contribution in [3.05, 3.63) is 35.6 Å². The number of ketones is 1. The van der Waals surface area contributed by atoms with Crippen LogP contribution in [0.3, 0.4) is 0 Å².